The fourth-order valence-electron chi connectivity index (χ4n) is 3.00. The van der Waals surface area contributed by atoms with Gasteiger partial charge in [-0.15, -0.1) is 0 Å². The highest BCUT2D eigenvalue weighted by molar-refractivity contribution is 7.99. The van der Waals surface area contributed by atoms with Crippen LogP contribution in [0.25, 0.3) is 0 Å². The first kappa shape index (κ1) is 19.6. The summed E-state index contributed by atoms with van der Waals surface area (Å²) in [5, 5.41) is 0.698. The van der Waals surface area contributed by atoms with Crippen molar-refractivity contribution in [3.63, 3.8) is 0 Å². The highest BCUT2D eigenvalue weighted by Crippen LogP contribution is 2.36. The second-order valence-corrected chi connectivity index (χ2v) is 9.20. The molecule has 8 heteroatoms. The van der Waals surface area contributed by atoms with Crippen molar-refractivity contribution in [3.05, 3.63) is 66.9 Å². The standard InChI is InChI=1S/C21H20N2O4S2/c1-2-23(16-6-4-3-5-7-16)29(24,25)18-9-11-21(22-15-18)28-17-8-10-19-20(14-17)27-13-12-26-19/h3-11,14-15H,2,12-13H2,1H3. The fraction of sp³-hybridized carbons (Fsp3) is 0.190. The molecule has 3 aromatic rings. The Morgan fingerprint density at radius 1 is 1.00 bits per heavy atom. The molecule has 0 saturated heterocycles. The van der Waals surface area contributed by atoms with E-state index in [4.69, 9.17) is 9.47 Å². The number of benzene rings is 2. The summed E-state index contributed by atoms with van der Waals surface area (Å²) in [5.74, 6) is 1.44. The van der Waals surface area contributed by atoms with Crippen LogP contribution in [0.4, 0.5) is 5.69 Å². The minimum Gasteiger partial charge on any atom is -0.486 e. The SMILES string of the molecule is CCN(c1ccccc1)S(=O)(=O)c1ccc(Sc2ccc3c(c2)OCCO3)nc1. The van der Waals surface area contributed by atoms with Crippen molar-refractivity contribution in [1.82, 2.24) is 4.98 Å². The van der Waals surface area contributed by atoms with E-state index < -0.39 is 10.0 Å². The van der Waals surface area contributed by atoms with Crippen molar-refractivity contribution in [3.8, 4) is 11.5 Å². The van der Waals surface area contributed by atoms with Crippen molar-refractivity contribution in [2.75, 3.05) is 24.1 Å². The van der Waals surface area contributed by atoms with Crippen molar-refractivity contribution in [1.29, 1.82) is 0 Å². The first-order valence-corrected chi connectivity index (χ1v) is 11.4. The zero-order valence-electron chi connectivity index (χ0n) is 15.8. The number of sulfonamides is 1. The molecule has 0 saturated carbocycles. The highest BCUT2D eigenvalue weighted by atomic mass is 32.2. The van der Waals surface area contributed by atoms with Crippen LogP contribution < -0.4 is 13.8 Å². The molecule has 6 nitrogen and oxygen atoms in total. The third-order valence-corrected chi connectivity index (χ3v) is 7.19. The van der Waals surface area contributed by atoms with Crippen LogP contribution in [0.2, 0.25) is 0 Å². The highest BCUT2D eigenvalue weighted by Gasteiger charge is 2.24. The van der Waals surface area contributed by atoms with Gasteiger partial charge in [0.15, 0.2) is 11.5 Å². The largest absolute Gasteiger partial charge is 0.486 e. The van der Waals surface area contributed by atoms with Gasteiger partial charge in [-0.2, -0.15) is 0 Å². The fourth-order valence-corrected chi connectivity index (χ4v) is 5.21. The van der Waals surface area contributed by atoms with Crippen molar-refractivity contribution < 1.29 is 17.9 Å². The van der Waals surface area contributed by atoms with Crippen LogP contribution in [-0.4, -0.2) is 33.2 Å². The third kappa shape index (κ3) is 4.18. The number of pyridine rings is 1. The van der Waals surface area contributed by atoms with E-state index in [-0.39, 0.29) is 4.90 Å². The molecule has 1 aliphatic rings. The number of hydrogen-bond donors (Lipinski definition) is 0. The van der Waals surface area contributed by atoms with Gasteiger partial charge in [0.25, 0.3) is 10.0 Å². The Balaban J connectivity index is 1.54. The van der Waals surface area contributed by atoms with E-state index in [1.165, 1.54) is 22.3 Å². The smallest absolute Gasteiger partial charge is 0.265 e. The summed E-state index contributed by atoms with van der Waals surface area (Å²) in [6.45, 7) is 3.22. The van der Waals surface area contributed by atoms with Crippen LogP contribution in [0.15, 0.2) is 81.7 Å². The first-order chi connectivity index (χ1) is 14.1. The molecule has 29 heavy (non-hydrogen) atoms. The second kappa shape index (κ2) is 8.34. The van der Waals surface area contributed by atoms with Gasteiger partial charge < -0.3 is 9.47 Å². The summed E-state index contributed by atoms with van der Waals surface area (Å²) in [5.41, 5.74) is 0.629. The molecule has 0 amide bonds. The minimum absolute atomic E-state index is 0.162. The van der Waals surface area contributed by atoms with E-state index >= 15 is 0 Å². The number of para-hydroxylation sites is 1. The van der Waals surface area contributed by atoms with Gasteiger partial charge in [0.2, 0.25) is 0 Å². The molecular weight excluding hydrogens is 408 g/mol. The summed E-state index contributed by atoms with van der Waals surface area (Å²) in [6.07, 6.45) is 1.40. The topological polar surface area (TPSA) is 68.7 Å². The summed E-state index contributed by atoms with van der Waals surface area (Å²) in [4.78, 5) is 5.45. The number of ether oxygens (including phenoxy) is 2. The van der Waals surface area contributed by atoms with E-state index in [9.17, 15) is 8.42 Å². The van der Waals surface area contributed by atoms with Crippen molar-refractivity contribution in [2.45, 2.75) is 21.7 Å². The molecule has 1 aromatic heterocycles. The molecule has 0 atom stereocenters. The molecule has 0 N–H and O–H groups in total. The molecule has 0 spiro atoms. The predicted molar refractivity (Wildman–Crippen MR) is 112 cm³/mol. The Labute approximate surface area is 174 Å². The Morgan fingerprint density at radius 2 is 1.76 bits per heavy atom. The molecule has 0 unspecified atom stereocenters. The number of aromatic nitrogens is 1. The monoisotopic (exact) mass is 428 g/mol. The number of anilines is 1. The van der Waals surface area contributed by atoms with Gasteiger partial charge in [-0.1, -0.05) is 30.0 Å². The third-order valence-electron chi connectivity index (χ3n) is 4.36. The molecule has 0 radical (unpaired) electrons. The first-order valence-electron chi connectivity index (χ1n) is 9.19. The van der Waals surface area contributed by atoms with E-state index in [1.54, 1.807) is 24.3 Å². The number of rotatable bonds is 6. The Morgan fingerprint density at radius 3 is 2.45 bits per heavy atom. The second-order valence-electron chi connectivity index (χ2n) is 6.25. The quantitative estimate of drug-likeness (QED) is 0.586. The average molecular weight is 429 g/mol. The van der Waals surface area contributed by atoms with E-state index in [2.05, 4.69) is 4.98 Å². The number of fused-ring (bicyclic) bond motifs is 1. The number of hydrogen-bond acceptors (Lipinski definition) is 6. The van der Waals surface area contributed by atoms with E-state index in [0.717, 1.165) is 10.6 Å². The lowest BCUT2D eigenvalue weighted by Gasteiger charge is -2.22. The summed E-state index contributed by atoms with van der Waals surface area (Å²) in [7, 11) is -3.68. The molecule has 0 aliphatic carbocycles. The normalized spacial score (nSPS) is 13.1. The van der Waals surface area contributed by atoms with Crippen LogP contribution in [0.1, 0.15) is 6.92 Å². The molecular formula is C21H20N2O4S2. The molecule has 150 valence electrons. The molecule has 0 fully saturated rings. The van der Waals surface area contributed by atoms with Crippen LogP contribution in [0.3, 0.4) is 0 Å². The van der Waals surface area contributed by atoms with Gasteiger partial charge in [0, 0.05) is 17.6 Å². The lowest BCUT2D eigenvalue weighted by molar-refractivity contribution is 0.171. The van der Waals surface area contributed by atoms with Gasteiger partial charge in [-0.05, 0) is 49.4 Å². The van der Waals surface area contributed by atoms with Crippen molar-refractivity contribution >= 4 is 27.5 Å². The van der Waals surface area contributed by atoms with Gasteiger partial charge in [0.05, 0.1) is 5.69 Å². The average Bonchev–Trinajstić information content (AvgIpc) is 2.75. The van der Waals surface area contributed by atoms with E-state index in [1.807, 2.05) is 43.3 Å². The Bertz CT molecular complexity index is 1090. The summed E-state index contributed by atoms with van der Waals surface area (Å²) >= 11 is 1.44. The molecule has 2 aromatic carbocycles. The Hall–Kier alpha value is -2.71. The van der Waals surface area contributed by atoms with Crippen LogP contribution in [0.5, 0.6) is 11.5 Å². The molecule has 1 aliphatic heterocycles. The van der Waals surface area contributed by atoms with Gasteiger partial charge in [-0.3, -0.25) is 4.31 Å². The van der Waals surface area contributed by atoms with Gasteiger partial charge >= 0.3 is 0 Å². The maximum absolute atomic E-state index is 13.0. The van der Waals surface area contributed by atoms with Crippen LogP contribution >= 0.6 is 11.8 Å². The summed E-state index contributed by atoms with van der Waals surface area (Å²) < 4.78 is 38.6. The zero-order chi connectivity index (χ0) is 20.3. The zero-order valence-corrected chi connectivity index (χ0v) is 17.4. The van der Waals surface area contributed by atoms with Crippen LogP contribution in [-0.2, 0) is 10.0 Å². The molecule has 4 rings (SSSR count). The molecule has 2 heterocycles. The van der Waals surface area contributed by atoms with Crippen molar-refractivity contribution in [2.24, 2.45) is 0 Å². The summed E-state index contributed by atoms with van der Waals surface area (Å²) in [6, 6.07) is 18.1. The lowest BCUT2D eigenvalue weighted by atomic mass is 10.3. The maximum Gasteiger partial charge on any atom is 0.265 e. The number of nitrogens with zero attached hydrogens (tertiary/aromatic N) is 2. The van der Waals surface area contributed by atoms with Gasteiger partial charge in [-0.25, -0.2) is 13.4 Å². The lowest BCUT2D eigenvalue weighted by Crippen LogP contribution is -2.30. The van der Waals surface area contributed by atoms with Crippen LogP contribution in [0, 0.1) is 0 Å². The maximum atomic E-state index is 13.0. The predicted octanol–water partition coefficient (Wildman–Crippen LogP) is 4.22. The van der Waals surface area contributed by atoms with Gasteiger partial charge in [0.1, 0.15) is 23.1 Å². The minimum atomic E-state index is -3.68. The molecule has 0 bridgehead atoms. The van der Waals surface area contributed by atoms with E-state index in [0.29, 0.717) is 36.2 Å². The Kier molecular flexibility index (Phi) is 5.64.